The number of hydrogen-bond donors (Lipinski definition) is 2. The van der Waals surface area contributed by atoms with Crippen LogP contribution in [0.4, 0.5) is 13.2 Å². The van der Waals surface area contributed by atoms with Crippen LogP contribution in [0.15, 0.2) is 6.20 Å². The van der Waals surface area contributed by atoms with Gasteiger partial charge in [-0.2, -0.15) is 0 Å². The van der Waals surface area contributed by atoms with Crippen LogP contribution in [0, 0.1) is 5.82 Å². The molecule has 15 heavy (non-hydrogen) atoms. The molecule has 0 saturated heterocycles. The molecule has 0 amide bonds. The molecule has 0 radical (unpaired) electrons. The molecule has 0 unspecified atom stereocenters. The molecule has 0 bridgehead atoms. The van der Waals surface area contributed by atoms with E-state index < -0.39 is 41.6 Å². The number of nitrogens with zero attached hydrogens (tertiary/aromatic N) is 1. The largest absolute Gasteiger partial charge is 0.505 e. The molecule has 0 aliphatic rings. The van der Waals surface area contributed by atoms with E-state index in [-0.39, 0.29) is 0 Å². The second-order valence-corrected chi connectivity index (χ2v) is 2.69. The van der Waals surface area contributed by atoms with E-state index in [1.54, 1.807) is 0 Å². The van der Waals surface area contributed by atoms with Gasteiger partial charge in [0.1, 0.15) is 5.75 Å². The quantitative estimate of drug-likeness (QED) is 0.811. The topological polar surface area (TPSA) is 70.4 Å². The van der Waals surface area contributed by atoms with Gasteiger partial charge < -0.3 is 10.2 Å². The van der Waals surface area contributed by atoms with Gasteiger partial charge in [0.2, 0.25) is 0 Å². The number of carbonyl (C=O) groups is 1. The van der Waals surface area contributed by atoms with E-state index in [0.29, 0.717) is 6.20 Å². The maximum Gasteiger partial charge on any atom is 0.309 e. The maximum absolute atomic E-state index is 12.8. The summed E-state index contributed by atoms with van der Waals surface area (Å²) in [5.74, 6) is -3.83. The number of aromatic hydroxyl groups is 1. The monoisotopic (exact) mass is 221 g/mol. The molecule has 0 spiro atoms. The number of aliphatic carboxylic acids is 1. The van der Waals surface area contributed by atoms with Crippen molar-refractivity contribution in [3.05, 3.63) is 23.3 Å². The minimum Gasteiger partial charge on any atom is -0.505 e. The summed E-state index contributed by atoms with van der Waals surface area (Å²) < 4.78 is 37.2. The molecule has 0 saturated carbocycles. The number of pyridine rings is 1. The first-order valence-electron chi connectivity index (χ1n) is 3.79. The summed E-state index contributed by atoms with van der Waals surface area (Å²) in [6.07, 6.45) is -3.51. The number of halogens is 3. The Morgan fingerprint density at radius 2 is 2.13 bits per heavy atom. The predicted molar refractivity (Wildman–Crippen MR) is 42.2 cm³/mol. The van der Waals surface area contributed by atoms with Crippen molar-refractivity contribution in [2.24, 2.45) is 0 Å². The standard InChI is InChI=1S/C8H6F3NO3/c9-3-2-12-4(1-5(13)14)7(15)6(3)8(10)11/h2,8,15H,1H2,(H,13,14). The van der Waals surface area contributed by atoms with E-state index >= 15 is 0 Å². The highest BCUT2D eigenvalue weighted by Crippen LogP contribution is 2.32. The third-order valence-electron chi connectivity index (χ3n) is 1.66. The zero-order valence-electron chi connectivity index (χ0n) is 7.25. The predicted octanol–water partition coefficient (Wildman–Crippen LogP) is 1.49. The molecule has 0 aliphatic heterocycles. The van der Waals surface area contributed by atoms with Crippen LogP contribution in [0.3, 0.4) is 0 Å². The van der Waals surface area contributed by atoms with Gasteiger partial charge in [-0.15, -0.1) is 0 Å². The van der Waals surface area contributed by atoms with Gasteiger partial charge in [-0.05, 0) is 0 Å². The van der Waals surface area contributed by atoms with Gasteiger partial charge in [0, 0.05) is 0 Å². The van der Waals surface area contributed by atoms with Crippen molar-refractivity contribution < 1.29 is 28.2 Å². The first-order valence-corrected chi connectivity index (χ1v) is 3.79. The smallest absolute Gasteiger partial charge is 0.309 e. The lowest BCUT2D eigenvalue weighted by Gasteiger charge is -2.07. The molecule has 0 fully saturated rings. The van der Waals surface area contributed by atoms with Crippen molar-refractivity contribution >= 4 is 5.97 Å². The Morgan fingerprint density at radius 1 is 1.53 bits per heavy atom. The summed E-state index contributed by atoms with van der Waals surface area (Å²) in [6.45, 7) is 0. The Bertz CT molecular complexity index is 395. The fourth-order valence-electron chi connectivity index (χ4n) is 1.01. The molecule has 1 aromatic heterocycles. The van der Waals surface area contributed by atoms with Crippen molar-refractivity contribution in [2.45, 2.75) is 12.8 Å². The summed E-state index contributed by atoms with van der Waals surface area (Å²) in [7, 11) is 0. The molecule has 0 aromatic carbocycles. The summed E-state index contributed by atoms with van der Waals surface area (Å²) in [6, 6.07) is 0. The van der Waals surface area contributed by atoms with Crippen LogP contribution in [0.2, 0.25) is 0 Å². The number of carboxylic acids is 1. The number of carboxylic acid groups (broad SMARTS) is 1. The summed E-state index contributed by atoms with van der Waals surface area (Å²) in [4.78, 5) is 13.5. The van der Waals surface area contributed by atoms with E-state index in [0.717, 1.165) is 0 Å². The SMILES string of the molecule is O=C(O)Cc1ncc(F)c(C(F)F)c1O. The van der Waals surface area contributed by atoms with Crippen molar-refractivity contribution in [1.82, 2.24) is 4.98 Å². The van der Waals surface area contributed by atoms with Gasteiger partial charge in [0.05, 0.1) is 23.9 Å². The normalized spacial score (nSPS) is 10.7. The lowest BCUT2D eigenvalue weighted by Crippen LogP contribution is -2.05. The van der Waals surface area contributed by atoms with Crippen LogP contribution in [0.5, 0.6) is 5.75 Å². The van der Waals surface area contributed by atoms with E-state index in [9.17, 15) is 18.0 Å². The average molecular weight is 221 g/mol. The van der Waals surface area contributed by atoms with Crippen LogP contribution in [0.1, 0.15) is 17.7 Å². The molecular weight excluding hydrogens is 215 g/mol. The first kappa shape index (κ1) is 11.3. The third-order valence-corrected chi connectivity index (χ3v) is 1.66. The summed E-state index contributed by atoms with van der Waals surface area (Å²) >= 11 is 0. The highest BCUT2D eigenvalue weighted by Gasteiger charge is 2.22. The average Bonchev–Trinajstić information content (AvgIpc) is 2.09. The first-order chi connectivity index (χ1) is 6.93. The second-order valence-electron chi connectivity index (χ2n) is 2.69. The maximum atomic E-state index is 12.8. The Hall–Kier alpha value is -1.79. The molecule has 1 rings (SSSR count). The minimum atomic E-state index is -3.22. The van der Waals surface area contributed by atoms with E-state index in [1.165, 1.54) is 0 Å². The molecule has 7 heteroatoms. The third kappa shape index (κ3) is 2.36. The Balaban J connectivity index is 3.22. The van der Waals surface area contributed by atoms with Crippen LogP contribution in [-0.2, 0) is 11.2 Å². The van der Waals surface area contributed by atoms with Crippen LogP contribution in [-0.4, -0.2) is 21.2 Å². The Labute approximate surface area is 82.0 Å². The van der Waals surface area contributed by atoms with Crippen LogP contribution >= 0.6 is 0 Å². The van der Waals surface area contributed by atoms with E-state index in [4.69, 9.17) is 10.2 Å². The number of aromatic nitrogens is 1. The molecular formula is C8H6F3NO3. The number of alkyl halides is 2. The number of hydrogen-bond acceptors (Lipinski definition) is 3. The zero-order chi connectivity index (χ0) is 11.6. The fourth-order valence-corrected chi connectivity index (χ4v) is 1.01. The lowest BCUT2D eigenvalue weighted by molar-refractivity contribution is -0.136. The van der Waals surface area contributed by atoms with Crippen molar-refractivity contribution in [3.63, 3.8) is 0 Å². The molecule has 82 valence electrons. The number of rotatable bonds is 3. The lowest BCUT2D eigenvalue weighted by atomic mass is 10.1. The summed E-state index contributed by atoms with van der Waals surface area (Å²) in [5.41, 5.74) is -1.71. The summed E-state index contributed by atoms with van der Waals surface area (Å²) in [5, 5.41) is 17.5. The molecule has 4 nitrogen and oxygen atoms in total. The fraction of sp³-hybridized carbons (Fsp3) is 0.250. The van der Waals surface area contributed by atoms with E-state index in [2.05, 4.69) is 4.98 Å². The van der Waals surface area contributed by atoms with Crippen molar-refractivity contribution in [2.75, 3.05) is 0 Å². The highest BCUT2D eigenvalue weighted by atomic mass is 19.3. The van der Waals surface area contributed by atoms with Gasteiger partial charge in [-0.25, -0.2) is 13.2 Å². The van der Waals surface area contributed by atoms with Crippen LogP contribution in [0.25, 0.3) is 0 Å². The molecule has 1 heterocycles. The molecule has 2 N–H and O–H groups in total. The second kappa shape index (κ2) is 4.16. The van der Waals surface area contributed by atoms with Crippen molar-refractivity contribution in [3.8, 4) is 5.75 Å². The van der Waals surface area contributed by atoms with Gasteiger partial charge in [0.25, 0.3) is 6.43 Å². The minimum absolute atomic E-state index is 0.458. The van der Waals surface area contributed by atoms with Crippen molar-refractivity contribution in [1.29, 1.82) is 0 Å². The molecule has 1 aromatic rings. The van der Waals surface area contributed by atoms with Gasteiger partial charge in [-0.1, -0.05) is 0 Å². The Morgan fingerprint density at radius 3 is 2.60 bits per heavy atom. The van der Waals surface area contributed by atoms with Gasteiger partial charge in [0.15, 0.2) is 5.82 Å². The zero-order valence-corrected chi connectivity index (χ0v) is 7.25. The molecule has 0 atom stereocenters. The van der Waals surface area contributed by atoms with E-state index in [1.807, 2.05) is 0 Å². The Kier molecular flexibility index (Phi) is 3.13. The van der Waals surface area contributed by atoms with Gasteiger partial charge >= 0.3 is 5.97 Å². The highest BCUT2D eigenvalue weighted by molar-refractivity contribution is 5.70. The van der Waals surface area contributed by atoms with Gasteiger partial charge in [-0.3, -0.25) is 9.78 Å². The molecule has 0 aliphatic carbocycles. The van der Waals surface area contributed by atoms with Crippen LogP contribution < -0.4 is 0 Å².